The van der Waals surface area contributed by atoms with Crippen LogP contribution in [-0.2, 0) is 13.6 Å². The monoisotopic (exact) mass is 479 g/mol. The van der Waals surface area contributed by atoms with Crippen molar-refractivity contribution in [3.8, 4) is 22.4 Å². The number of hydrogen-bond acceptors (Lipinski definition) is 5. The number of aryl methyl sites for hydroxylation is 2. The first kappa shape index (κ1) is 21.4. The molecule has 4 aromatic heterocycles. The zero-order valence-corrected chi connectivity index (χ0v) is 20.1. The Kier molecular flexibility index (Phi) is 5.26. The molecule has 0 saturated carbocycles. The summed E-state index contributed by atoms with van der Waals surface area (Å²) < 4.78 is 17.1. The number of halogens is 1. The van der Waals surface area contributed by atoms with Crippen LogP contribution in [0.2, 0.25) is 0 Å². The Morgan fingerprint density at radius 3 is 2.71 bits per heavy atom. The molecule has 0 spiro atoms. The molecule has 0 aliphatic rings. The first-order valence-corrected chi connectivity index (χ1v) is 12.2. The maximum absolute atomic E-state index is 14.0. The highest BCUT2D eigenvalue weighted by Crippen LogP contribution is 2.35. The summed E-state index contributed by atoms with van der Waals surface area (Å²) in [6, 6.07) is 17.7. The highest BCUT2D eigenvalue weighted by molar-refractivity contribution is 7.16. The van der Waals surface area contributed by atoms with E-state index >= 15 is 0 Å². The van der Waals surface area contributed by atoms with Gasteiger partial charge in [0.2, 0.25) is 0 Å². The molecule has 0 unspecified atom stereocenters. The van der Waals surface area contributed by atoms with Gasteiger partial charge in [-0.1, -0.05) is 6.07 Å². The van der Waals surface area contributed by atoms with Crippen LogP contribution in [0.1, 0.15) is 11.1 Å². The fraction of sp³-hybridized carbons (Fsp3) is 0.107. The summed E-state index contributed by atoms with van der Waals surface area (Å²) in [6.07, 6.45) is 5.75. The highest BCUT2D eigenvalue weighted by atomic mass is 32.1. The average molecular weight is 480 g/mol. The lowest BCUT2D eigenvalue weighted by atomic mass is 9.97. The van der Waals surface area contributed by atoms with E-state index in [0.717, 1.165) is 54.9 Å². The topological polar surface area (TPSA) is 55.6 Å². The lowest BCUT2D eigenvalue weighted by Crippen LogP contribution is -2.02. The molecule has 0 radical (unpaired) electrons. The summed E-state index contributed by atoms with van der Waals surface area (Å²) in [5.41, 5.74) is 10.1. The van der Waals surface area contributed by atoms with Gasteiger partial charge in [-0.3, -0.25) is 4.98 Å². The van der Waals surface area contributed by atoms with Crippen LogP contribution in [0.25, 0.3) is 43.6 Å². The van der Waals surface area contributed by atoms with Gasteiger partial charge in [0.15, 0.2) is 0 Å². The molecule has 35 heavy (non-hydrogen) atoms. The minimum Gasteiger partial charge on any atom is -0.380 e. The molecule has 6 aromatic rings. The molecule has 0 amide bonds. The molecular formula is C28H22FN5S. The molecular weight excluding hydrogens is 457 g/mol. The van der Waals surface area contributed by atoms with Crippen molar-refractivity contribution in [2.24, 2.45) is 7.05 Å². The summed E-state index contributed by atoms with van der Waals surface area (Å²) in [5, 5.41) is 4.61. The number of nitrogens with one attached hydrogen (secondary N) is 1. The molecule has 172 valence electrons. The molecule has 0 atom stereocenters. The van der Waals surface area contributed by atoms with Crippen LogP contribution in [0.5, 0.6) is 0 Å². The third kappa shape index (κ3) is 4.04. The van der Waals surface area contributed by atoms with E-state index in [9.17, 15) is 4.39 Å². The zero-order valence-electron chi connectivity index (χ0n) is 19.3. The van der Waals surface area contributed by atoms with E-state index in [1.807, 2.05) is 47.8 Å². The molecule has 1 N–H and O–H groups in total. The molecule has 2 aromatic carbocycles. The Balaban J connectivity index is 1.38. The minimum absolute atomic E-state index is 0.219. The van der Waals surface area contributed by atoms with Gasteiger partial charge >= 0.3 is 0 Å². The Morgan fingerprint density at radius 1 is 0.943 bits per heavy atom. The van der Waals surface area contributed by atoms with Gasteiger partial charge in [-0.05, 0) is 72.1 Å². The number of fused-ring (bicyclic) bond motifs is 2. The van der Waals surface area contributed by atoms with Gasteiger partial charge < -0.3 is 9.88 Å². The summed E-state index contributed by atoms with van der Waals surface area (Å²) in [7, 11) is 1.99. The lowest BCUT2D eigenvalue weighted by molar-refractivity contribution is 0.619. The second-order valence-corrected chi connectivity index (χ2v) is 9.54. The van der Waals surface area contributed by atoms with Crippen molar-refractivity contribution in [3.63, 3.8) is 0 Å². The molecule has 4 heterocycles. The van der Waals surface area contributed by atoms with E-state index in [1.165, 1.54) is 6.07 Å². The van der Waals surface area contributed by atoms with E-state index in [1.54, 1.807) is 24.3 Å². The number of aromatic nitrogens is 4. The molecule has 0 saturated heterocycles. The normalized spacial score (nSPS) is 11.4. The molecule has 7 heteroatoms. The van der Waals surface area contributed by atoms with E-state index in [4.69, 9.17) is 4.98 Å². The summed E-state index contributed by atoms with van der Waals surface area (Å²) in [5.74, 6) is -0.219. The van der Waals surface area contributed by atoms with Crippen LogP contribution in [0, 0.1) is 12.7 Å². The van der Waals surface area contributed by atoms with Gasteiger partial charge in [-0.25, -0.2) is 14.4 Å². The molecule has 6 rings (SSSR count). The largest absolute Gasteiger partial charge is 0.380 e. The first-order chi connectivity index (χ1) is 17.0. The minimum atomic E-state index is -0.219. The van der Waals surface area contributed by atoms with Crippen LogP contribution in [0.15, 0.2) is 78.7 Å². The van der Waals surface area contributed by atoms with Crippen molar-refractivity contribution in [2.45, 2.75) is 13.5 Å². The van der Waals surface area contributed by atoms with Crippen LogP contribution in [0.4, 0.5) is 10.1 Å². The lowest BCUT2D eigenvalue weighted by Gasteiger charge is -2.14. The number of anilines is 1. The van der Waals surface area contributed by atoms with Crippen LogP contribution in [-0.4, -0.2) is 19.5 Å². The molecule has 0 fully saturated rings. The predicted molar refractivity (Wildman–Crippen MR) is 141 cm³/mol. The predicted octanol–water partition coefficient (Wildman–Crippen LogP) is 6.97. The summed E-state index contributed by atoms with van der Waals surface area (Å²) >= 11 is 1.61. The highest BCUT2D eigenvalue weighted by Gasteiger charge is 2.13. The Labute approximate surface area is 205 Å². The van der Waals surface area contributed by atoms with Gasteiger partial charge in [0.25, 0.3) is 0 Å². The fourth-order valence-corrected chi connectivity index (χ4v) is 5.04. The maximum atomic E-state index is 14.0. The van der Waals surface area contributed by atoms with Gasteiger partial charge in [-0.15, -0.1) is 11.3 Å². The van der Waals surface area contributed by atoms with Gasteiger partial charge in [0.1, 0.15) is 11.5 Å². The number of thiazole rings is 1. The van der Waals surface area contributed by atoms with Crippen molar-refractivity contribution >= 4 is 38.3 Å². The van der Waals surface area contributed by atoms with Crippen molar-refractivity contribution < 1.29 is 4.39 Å². The number of pyridine rings is 2. The number of benzene rings is 2. The van der Waals surface area contributed by atoms with Crippen molar-refractivity contribution in [1.29, 1.82) is 0 Å². The second-order valence-electron chi connectivity index (χ2n) is 8.66. The standard InChI is InChI=1S/C28H22FN5S/c1-17-9-20(3-5-24(17)29)27-23(19-4-6-25-26(11-19)35-16-33-25)12-22(15-31-27)30-13-18-10-21-7-8-34(2)28(21)32-14-18/h3-12,14-16,30H,13H2,1-2H3. The van der Waals surface area contributed by atoms with Crippen LogP contribution < -0.4 is 5.32 Å². The van der Waals surface area contributed by atoms with E-state index < -0.39 is 0 Å². The quantitative estimate of drug-likeness (QED) is 0.290. The second kappa shape index (κ2) is 8.60. The smallest absolute Gasteiger partial charge is 0.139 e. The zero-order chi connectivity index (χ0) is 23.9. The Morgan fingerprint density at radius 2 is 1.83 bits per heavy atom. The third-order valence-electron chi connectivity index (χ3n) is 6.22. The van der Waals surface area contributed by atoms with Gasteiger partial charge in [0, 0.05) is 42.5 Å². The Hall–Kier alpha value is -4.10. The Bertz CT molecular complexity index is 1700. The summed E-state index contributed by atoms with van der Waals surface area (Å²) in [4.78, 5) is 13.8. The van der Waals surface area contributed by atoms with Crippen molar-refractivity contribution in [1.82, 2.24) is 19.5 Å². The van der Waals surface area contributed by atoms with Gasteiger partial charge in [-0.2, -0.15) is 0 Å². The molecule has 0 bridgehead atoms. The number of hydrogen-bond donors (Lipinski definition) is 1. The van der Waals surface area contributed by atoms with Crippen molar-refractivity contribution in [2.75, 3.05) is 5.32 Å². The molecule has 5 nitrogen and oxygen atoms in total. The number of rotatable bonds is 5. The SMILES string of the molecule is Cc1cc(-c2ncc(NCc3cnc4c(ccn4C)c3)cc2-c2ccc3ncsc3c2)ccc1F. The third-order valence-corrected chi connectivity index (χ3v) is 7.01. The number of nitrogens with zero attached hydrogens (tertiary/aromatic N) is 4. The fourth-order valence-electron chi connectivity index (χ4n) is 4.33. The molecule has 0 aliphatic heterocycles. The van der Waals surface area contributed by atoms with Crippen LogP contribution >= 0.6 is 11.3 Å². The maximum Gasteiger partial charge on any atom is 0.139 e. The average Bonchev–Trinajstić information content (AvgIpc) is 3.50. The summed E-state index contributed by atoms with van der Waals surface area (Å²) in [6.45, 7) is 2.40. The van der Waals surface area contributed by atoms with E-state index in [2.05, 4.69) is 45.6 Å². The first-order valence-electron chi connectivity index (χ1n) is 11.3. The van der Waals surface area contributed by atoms with Crippen molar-refractivity contribution in [3.05, 3.63) is 95.6 Å². The van der Waals surface area contributed by atoms with Crippen LogP contribution in [0.3, 0.4) is 0 Å². The molecule has 0 aliphatic carbocycles. The van der Waals surface area contributed by atoms with E-state index in [0.29, 0.717) is 12.1 Å². The van der Waals surface area contributed by atoms with Gasteiger partial charge in [0.05, 0.1) is 33.3 Å². The van der Waals surface area contributed by atoms with E-state index in [-0.39, 0.29) is 5.82 Å².